The molecule has 1 aliphatic heterocycles. The number of nitrogens with zero attached hydrogens (tertiary/aromatic N) is 2. The van der Waals surface area contributed by atoms with Crippen LogP contribution in [0.5, 0.6) is 0 Å². The van der Waals surface area contributed by atoms with Crippen LogP contribution in [-0.4, -0.2) is 69.7 Å². The van der Waals surface area contributed by atoms with Gasteiger partial charge in [0, 0.05) is 32.7 Å². The van der Waals surface area contributed by atoms with Crippen molar-refractivity contribution in [2.24, 2.45) is 5.92 Å². The van der Waals surface area contributed by atoms with Gasteiger partial charge >= 0.3 is 0 Å². The molecule has 0 aromatic heterocycles. The molecule has 1 fully saturated rings. The van der Waals surface area contributed by atoms with Crippen molar-refractivity contribution in [1.29, 1.82) is 0 Å². The quantitative estimate of drug-likeness (QED) is 0.722. The zero-order chi connectivity index (χ0) is 12.9. The molecule has 1 rings (SSSR count). The van der Waals surface area contributed by atoms with E-state index in [0.717, 1.165) is 32.7 Å². The largest absolute Gasteiger partial charge is 0.317 e. The van der Waals surface area contributed by atoms with Gasteiger partial charge in [-0.05, 0) is 19.0 Å². The lowest BCUT2D eigenvalue weighted by Gasteiger charge is -2.34. The average molecular weight is 263 g/mol. The van der Waals surface area contributed by atoms with E-state index < -0.39 is 10.0 Å². The molecule has 102 valence electrons. The van der Waals surface area contributed by atoms with Crippen LogP contribution in [0.25, 0.3) is 0 Å². The summed E-state index contributed by atoms with van der Waals surface area (Å²) < 4.78 is 24.3. The lowest BCUT2D eigenvalue weighted by atomic mass is 10.1. The zero-order valence-corrected chi connectivity index (χ0v) is 12.0. The predicted octanol–water partition coefficient (Wildman–Crippen LogP) is -0.191. The molecule has 0 aromatic carbocycles. The van der Waals surface area contributed by atoms with Crippen LogP contribution in [-0.2, 0) is 10.0 Å². The number of rotatable bonds is 6. The minimum atomic E-state index is -3.00. The standard InChI is InChI=1S/C11H25N3O2S/c1-4-12-9-11(2)10-13-5-7-14(8-6-13)17(3,15)16/h11-12H,4-10H2,1-3H3. The summed E-state index contributed by atoms with van der Waals surface area (Å²) in [6.45, 7) is 10.4. The SMILES string of the molecule is CCNCC(C)CN1CCN(S(C)(=O)=O)CC1. The van der Waals surface area contributed by atoms with E-state index in [1.165, 1.54) is 6.26 Å². The molecule has 1 heterocycles. The second kappa shape index (κ2) is 6.68. The van der Waals surface area contributed by atoms with E-state index in [-0.39, 0.29) is 0 Å². The fourth-order valence-corrected chi connectivity index (χ4v) is 2.97. The van der Waals surface area contributed by atoms with E-state index in [1.54, 1.807) is 4.31 Å². The third-order valence-electron chi connectivity index (χ3n) is 3.11. The normalized spacial score (nSPS) is 21.6. The van der Waals surface area contributed by atoms with E-state index in [0.29, 0.717) is 19.0 Å². The summed E-state index contributed by atoms with van der Waals surface area (Å²) in [5.74, 6) is 0.611. The lowest BCUT2D eigenvalue weighted by molar-refractivity contribution is 0.168. The smallest absolute Gasteiger partial charge is 0.211 e. The third-order valence-corrected chi connectivity index (χ3v) is 4.42. The van der Waals surface area contributed by atoms with Gasteiger partial charge in [0.15, 0.2) is 0 Å². The molecule has 0 aromatic rings. The Balaban J connectivity index is 2.28. The minimum absolute atomic E-state index is 0.611. The van der Waals surface area contributed by atoms with Gasteiger partial charge in [-0.15, -0.1) is 0 Å². The first-order chi connectivity index (χ1) is 7.93. The van der Waals surface area contributed by atoms with Crippen molar-refractivity contribution >= 4 is 10.0 Å². The molecular formula is C11H25N3O2S. The highest BCUT2D eigenvalue weighted by atomic mass is 32.2. The number of sulfonamides is 1. The Bertz CT molecular complexity index is 311. The first-order valence-electron chi connectivity index (χ1n) is 6.31. The van der Waals surface area contributed by atoms with Crippen molar-refractivity contribution in [3.05, 3.63) is 0 Å². The molecule has 0 saturated carbocycles. The van der Waals surface area contributed by atoms with Crippen LogP contribution in [0.2, 0.25) is 0 Å². The Kier molecular flexibility index (Phi) is 5.85. The summed E-state index contributed by atoms with van der Waals surface area (Å²) in [5, 5.41) is 3.34. The number of hydrogen-bond acceptors (Lipinski definition) is 4. The summed E-state index contributed by atoms with van der Waals surface area (Å²) in [7, 11) is -3.00. The molecule has 0 aliphatic carbocycles. The molecule has 1 N–H and O–H groups in total. The topological polar surface area (TPSA) is 52.6 Å². The van der Waals surface area contributed by atoms with Crippen LogP contribution in [0, 0.1) is 5.92 Å². The molecule has 0 spiro atoms. The summed E-state index contributed by atoms with van der Waals surface area (Å²) in [6.07, 6.45) is 1.29. The van der Waals surface area contributed by atoms with Gasteiger partial charge in [0.25, 0.3) is 0 Å². The number of piperazine rings is 1. The van der Waals surface area contributed by atoms with Gasteiger partial charge in [-0.3, -0.25) is 0 Å². The van der Waals surface area contributed by atoms with Gasteiger partial charge in [0.2, 0.25) is 10.0 Å². The monoisotopic (exact) mass is 263 g/mol. The Morgan fingerprint density at radius 3 is 2.29 bits per heavy atom. The first kappa shape index (κ1) is 14.9. The molecule has 0 amide bonds. The van der Waals surface area contributed by atoms with Gasteiger partial charge in [0.05, 0.1) is 6.26 Å². The zero-order valence-electron chi connectivity index (χ0n) is 11.1. The van der Waals surface area contributed by atoms with Crippen LogP contribution in [0.15, 0.2) is 0 Å². The van der Waals surface area contributed by atoms with Crippen LogP contribution < -0.4 is 5.32 Å². The molecule has 1 unspecified atom stereocenters. The Morgan fingerprint density at radius 2 is 1.82 bits per heavy atom. The molecule has 1 saturated heterocycles. The van der Waals surface area contributed by atoms with E-state index in [1.807, 2.05) is 0 Å². The molecule has 0 bridgehead atoms. The third kappa shape index (κ3) is 5.33. The molecule has 17 heavy (non-hydrogen) atoms. The molecule has 0 radical (unpaired) electrons. The minimum Gasteiger partial charge on any atom is -0.317 e. The van der Waals surface area contributed by atoms with Crippen LogP contribution in [0.4, 0.5) is 0 Å². The van der Waals surface area contributed by atoms with E-state index in [9.17, 15) is 8.42 Å². The molecule has 6 heteroatoms. The molecule has 5 nitrogen and oxygen atoms in total. The van der Waals surface area contributed by atoms with Crippen molar-refractivity contribution in [2.75, 3.05) is 52.1 Å². The Morgan fingerprint density at radius 1 is 1.24 bits per heavy atom. The average Bonchev–Trinajstić information content (AvgIpc) is 2.26. The van der Waals surface area contributed by atoms with Gasteiger partial charge in [0.1, 0.15) is 0 Å². The van der Waals surface area contributed by atoms with Crippen molar-refractivity contribution in [1.82, 2.24) is 14.5 Å². The highest BCUT2D eigenvalue weighted by Gasteiger charge is 2.23. The summed E-state index contributed by atoms with van der Waals surface area (Å²) in [6, 6.07) is 0. The summed E-state index contributed by atoms with van der Waals surface area (Å²) >= 11 is 0. The van der Waals surface area contributed by atoms with Gasteiger partial charge in [-0.25, -0.2) is 8.42 Å². The maximum atomic E-state index is 11.4. The molecule has 1 atom stereocenters. The summed E-state index contributed by atoms with van der Waals surface area (Å²) in [5.41, 5.74) is 0. The van der Waals surface area contributed by atoms with Gasteiger partial charge < -0.3 is 10.2 Å². The van der Waals surface area contributed by atoms with Crippen molar-refractivity contribution < 1.29 is 8.42 Å². The van der Waals surface area contributed by atoms with Crippen LogP contribution in [0.1, 0.15) is 13.8 Å². The second-order valence-corrected chi connectivity index (χ2v) is 6.86. The molecule has 1 aliphatic rings. The van der Waals surface area contributed by atoms with Crippen molar-refractivity contribution in [2.45, 2.75) is 13.8 Å². The van der Waals surface area contributed by atoms with Crippen LogP contribution >= 0.6 is 0 Å². The van der Waals surface area contributed by atoms with E-state index >= 15 is 0 Å². The highest BCUT2D eigenvalue weighted by Crippen LogP contribution is 2.08. The Labute approximate surface area is 105 Å². The fourth-order valence-electron chi connectivity index (χ4n) is 2.14. The van der Waals surface area contributed by atoms with Gasteiger partial charge in [-0.1, -0.05) is 13.8 Å². The van der Waals surface area contributed by atoms with Crippen molar-refractivity contribution in [3.8, 4) is 0 Å². The van der Waals surface area contributed by atoms with Crippen molar-refractivity contribution in [3.63, 3.8) is 0 Å². The molecular weight excluding hydrogens is 238 g/mol. The summed E-state index contributed by atoms with van der Waals surface area (Å²) in [4.78, 5) is 2.35. The predicted molar refractivity (Wildman–Crippen MR) is 70.6 cm³/mol. The van der Waals surface area contributed by atoms with Crippen LogP contribution in [0.3, 0.4) is 0 Å². The van der Waals surface area contributed by atoms with E-state index in [4.69, 9.17) is 0 Å². The maximum absolute atomic E-state index is 11.4. The van der Waals surface area contributed by atoms with Gasteiger partial charge in [-0.2, -0.15) is 4.31 Å². The van der Waals surface area contributed by atoms with E-state index in [2.05, 4.69) is 24.1 Å². The number of nitrogens with one attached hydrogen (secondary N) is 1. The first-order valence-corrected chi connectivity index (χ1v) is 8.16. The number of hydrogen-bond donors (Lipinski definition) is 1. The second-order valence-electron chi connectivity index (χ2n) is 4.88. The maximum Gasteiger partial charge on any atom is 0.211 e. The Hall–Kier alpha value is -0.170. The lowest BCUT2D eigenvalue weighted by Crippen LogP contribution is -2.49. The fraction of sp³-hybridized carbons (Fsp3) is 1.00. The highest BCUT2D eigenvalue weighted by molar-refractivity contribution is 7.88.